The van der Waals surface area contributed by atoms with Crippen molar-refractivity contribution in [2.75, 3.05) is 6.61 Å². The molecule has 0 aliphatic heterocycles. The Kier molecular flexibility index (Phi) is 3.72. The minimum absolute atomic E-state index is 0.0413. The normalized spacial score (nSPS) is 20.8. The van der Waals surface area contributed by atoms with Crippen molar-refractivity contribution < 1.29 is 9.90 Å². The molecule has 0 spiro atoms. The topological polar surface area (TPSA) is 49.3 Å². The number of carbonyl (C=O) groups excluding carboxylic acids is 1. The molecular weight excluding hydrogens is 166 g/mol. The summed E-state index contributed by atoms with van der Waals surface area (Å²) in [5.41, 5.74) is 0. The van der Waals surface area contributed by atoms with Crippen molar-refractivity contribution in [1.29, 1.82) is 0 Å². The number of carbonyl (C=O) groups is 1. The van der Waals surface area contributed by atoms with Crippen molar-refractivity contribution in [2.45, 2.75) is 39.2 Å². The van der Waals surface area contributed by atoms with Gasteiger partial charge in [-0.1, -0.05) is 13.8 Å². The van der Waals surface area contributed by atoms with Gasteiger partial charge in [-0.2, -0.15) is 0 Å². The molecule has 1 fully saturated rings. The molecule has 0 saturated heterocycles. The lowest BCUT2D eigenvalue weighted by Crippen LogP contribution is -2.40. The maximum Gasteiger partial charge on any atom is 0.223 e. The van der Waals surface area contributed by atoms with Crippen LogP contribution < -0.4 is 5.32 Å². The fourth-order valence-electron chi connectivity index (χ4n) is 1.42. The number of aliphatic hydroxyl groups is 1. The van der Waals surface area contributed by atoms with Gasteiger partial charge in [-0.25, -0.2) is 0 Å². The molecule has 1 amide bonds. The highest BCUT2D eigenvalue weighted by Crippen LogP contribution is 2.36. The minimum atomic E-state index is -0.0614. The first-order valence-corrected chi connectivity index (χ1v) is 5.10. The van der Waals surface area contributed by atoms with Crippen LogP contribution in [0.2, 0.25) is 0 Å². The molecule has 1 rings (SSSR count). The van der Waals surface area contributed by atoms with E-state index in [1.165, 1.54) is 12.8 Å². The zero-order chi connectivity index (χ0) is 9.84. The summed E-state index contributed by atoms with van der Waals surface area (Å²) in [6.07, 6.45) is 3.16. The summed E-state index contributed by atoms with van der Waals surface area (Å²) in [6, 6.07) is -0.0614. The average Bonchev–Trinajstić information content (AvgIpc) is 2.95. The molecule has 3 nitrogen and oxygen atoms in total. The van der Waals surface area contributed by atoms with E-state index in [-0.39, 0.29) is 24.5 Å². The first-order chi connectivity index (χ1) is 6.19. The third-order valence-electron chi connectivity index (χ3n) is 2.80. The van der Waals surface area contributed by atoms with Gasteiger partial charge in [0.05, 0.1) is 12.6 Å². The Morgan fingerprint density at radius 2 is 2.23 bits per heavy atom. The number of hydrogen-bond acceptors (Lipinski definition) is 2. The second kappa shape index (κ2) is 4.61. The highest BCUT2D eigenvalue weighted by atomic mass is 16.3. The van der Waals surface area contributed by atoms with Crippen LogP contribution in [0.1, 0.15) is 33.1 Å². The first-order valence-electron chi connectivity index (χ1n) is 5.10. The van der Waals surface area contributed by atoms with Crippen LogP contribution in [0.15, 0.2) is 0 Å². The molecule has 0 radical (unpaired) electrons. The standard InChI is InChI=1S/C10H19NO2/c1-3-9(6-12)11-10(13)7(2)8-4-5-8/h7-9,12H,3-6H2,1-2H3,(H,11,13). The molecule has 13 heavy (non-hydrogen) atoms. The first kappa shape index (κ1) is 10.5. The van der Waals surface area contributed by atoms with E-state index in [9.17, 15) is 4.79 Å². The van der Waals surface area contributed by atoms with Crippen LogP contribution in [0, 0.1) is 11.8 Å². The third-order valence-corrected chi connectivity index (χ3v) is 2.80. The number of hydrogen-bond donors (Lipinski definition) is 2. The Morgan fingerprint density at radius 3 is 2.62 bits per heavy atom. The molecule has 3 heteroatoms. The minimum Gasteiger partial charge on any atom is -0.394 e. The second-order valence-corrected chi connectivity index (χ2v) is 3.92. The quantitative estimate of drug-likeness (QED) is 0.669. The maximum atomic E-state index is 11.5. The summed E-state index contributed by atoms with van der Waals surface area (Å²) in [6.45, 7) is 3.97. The van der Waals surface area contributed by atoms with Crippen LogP contribution in [0.3, 0.4) is 0 Å². The van der Waals surface area contributed by atoms with E-state index < -0.39 is 0 Å². The lowest BCUT2D eigenvalue weighted by molar-refractivity contribution is -0.126. The highest BCUT2D eigenvalue weighted by Gasteiger charge is 2.32. The summed E-state index contributed by atoms with van der Waals surface area (Å²) < 4.78 is 0. The van der Waals surface area contributed by atoms with E-state index in [0.717, 1.165) is 6.42 Å². The van der Waals surface area contributed by atoms with Crippen molar-refractivity contribution in [3.05, 3.63) is 0 Å². The van der Waals surface area contributed by atoms with Crippen LogP contribution in [-0.2, 0) is 4.79 Å². The van der Waals surface area contributed by atoms with Gasteiger partial charge in [0, 0.05) is 5.92 Å². The van der Waals surface area contributed by atoms with Crippen molar-refractivity contribution >= 4 is 5.91 Å². The molecule has 0 aromatic heterocycles. The zero-order valence-corrected chi connectivity index (χ0v) is 8.42. The van der Waals surface area contributed by atoms with Gasteiger partial charge in [-0.3, -0.25) is 4.79 Å². The van der Waals surface area contributed by atoms with Crippen LogP contribution in [0.25, 0.3) is 0 Å². The number of aliphatic hydroxyl groups excluding tert-OH is 1. The zero-order valence-electron chi connectivity index (χ0n) is 8.42. The van der Waals surface area contributed by atoms with E-state index in [2.05, 4.69) is 5.32 Å². The van der Waals surface area contributed by atoms with Gasteiger partial charge in [-0.05, 0) is 25.2 Å². The molecule has 76 valence electrons. The van der Waals surface area contributed by atoms with Gasteiger partial charge in [0.25, 0.3) is 0 Å². The molecule has 2 atom stereocenters. The summed E-state index contributed by atoms with van der Waals surface area (Å²) in [5, 5.41) is 11.7. The molecular formula is C10H19NO2. The second-order valence-electron chi connectivity index (χ2n) is 3.92. The smallest absolute Gasteiger partial charge is 0.223 e. The van der Waals surface area contributed by atoms with E-state index in [0.29, 0.717) is 5.92 Å². The van der Waals surface area contributed by atoms with Crippen LogP contribution >= 0.6 is 0 Å². The summed E-state index contributed by atoms with van der Waals surface area (Å²) >= 11 is 0. The Labute approximate surface area is 79.5 Å². The van der Waals surface area contributed by atoms with E-state index in [1.54, 1.807) is 0 Å². The van der Waals surface area contributed by atoms with Crippen molar-refractivity contribution in [3.8, 4) is 0 Å². The van der Waals surface area contributed by atoms with Gasteiger partial charge >= 0.3 is 0 Å². The number of nitrogens with one attached hydrogen (secondary N) is 1. The lowest BCUT2D eigenvalue weighted by atomic mass is 10.1. The predicted molar refractivity (Wildman–Crippen MR) is 51.2 cm³/mol. The largest absolute Gasteiger partial charge is 0.394 e. The highest BCUT2D eigenvalue weighted by molar-refractivity contribution is 5.79. The Balaban J connectivity index is 2.29. The van der Waals surface area contributed by atoms with Gasteiger partial charge in [0.2, 0.25) is 5.91 Å². The van der Waals surface area contributed by atoms with Crippen LogP contribution in [-0.4, -0.2) is 23.7 Å². The van der Waals surface area contributed by atoms with Gasteiger partial charge < -0.3 is 10.4 Å². The summed E-state index contributed by atoms with van der Waals surface area (Å²) in [7, 11) is 0. The Hall–Kier alpha value is -0.570. The maximum absolute atomic E-state index is 11.5. The Bertz CT molecular complexity index is 174. The van der Waals surface area contributed by atoms with Gasteiger partial charge in [0.15, 0.2) is 0 Å². The lowest BCUT2D eigenvalue weighted by Gasteiger charge is -2.17. The molecule has 2 unspecified atom stereocenters. The molecule has 0 bridgehead atoms. The SMILES string of the molecule is CCC(CO)NC(=O)C(C)C1CC1. The Morgan fingerprint density at radius 1 is 1.62 bits per heavy atom. The molecule has 0 aromatic carbocycles. The van der Waals surface area contributed by atoms with Crippen molar-refractivity contribution in [1.82, 2.24) is 5.32 Å². The summed E-state index contributed by atoms with van der Waals surface area (Å²) in [5.74, 6) is 0.820. The predicted octanol–water partition coefficient (Wildman–Crippen LogP) is 0.920. The van der Waals surface area contributed by atoms with Crippen molar-refractivity contribution in [3.63, 3.8) is 0 Å². The van der Waals surface area contributed by atoms with Crippen LogP contribution in [0.5, 0.6) is 0 Å². The van der Waals surface area contributed by atoms with Gasteiger partial charge in [-0.15, -0.1) is 0 Å². The summed E-state index contributed by atoms with van der Waals surface area (Å²) in [4.78, 5) is 11.5. The third kappa shape index (κ3) is 2.99. The monoisotopic (exact) mass is 185 g/mol. The molecule has 0 heterocycles. The average molecular weight is 185 g/mol. The molecule has 1 aliphatic rings. The van der Waals surface area contributed by atoms with Crippen molar-refractivity contribution in [2.24, 2.45) is 11.8 Å². The van der Waals surface area contributed by atoms with E-state index >= 15 is 0 Å². The van der Waals surface area contributed by atoms with E-state index in [4.69, 9.17) is 5.11 Å². The van der Waals surface area contributed by atoms with E-state index in [1.807, 2.05) is 13.8 Å². The van der Waals surface area contributed by atoms with Gasteiger partial charge in [0.1, 0.15) is 0 Å². The molecule has 0 aromatic rings. The van der Waals surface area contributed by atoms with Crippen LogP contribution in [0.4, 0.5) is 0 Å². The molecule has 2 N–H and O–H groups in total. The number of rotatable bonds is 5. The molecule has 1 aliphatic carbocycles. The fraction of sp³-hybridized carbons (Fsp3) is 0.900. The molecule has 1 saturated carbocycles. The fourth-order valence-corrected chi connectivity index (χ4v) is 1.42. The number of amides is 1.